The molecule has 0 aromatic carbocycles. The van der Waals surface area contributed by atoms with Gasteiger partial charge in [-0.3, -0.25) is 4.90 Å². The molecular formula is C7H12F6N2. The molecule has 0 aliphatic rings. The minimum absolute atomic E-state index is 0.157. The lowest BCUT2D eigenvalue weighted by Gasteiger charge is -2.32. The van der Waals surface area contributed by atoms with Gasteiger partial charge in [0.25, 0.3) is 0 Å². The van der Waals surface area contributed by atoms with E-state index in [9.17, 15) is 26.3 Å². The molecule has 0 aliphatic heterocycles. The molecule has 92 valence electrons. The van der Waals surface area contributed by atoms with Gasteiger partial charge in [-0.15, -0.1) is 0 Å². The molecule has 0 saturated heterocycles. The molecule has 0 radical (unpaired) electrons. The Bertz CT molecular complexity index is 197. The fourth-order valence-corrected chi connectivity index (χ4v) is 1.33. The van der Waals surface area contributed by atoms with Gasteiger partial charge in [-0.05, 0) is 14.0 Å². The van der Waals surface area contributed by atoms with Crippen LogP contribution in [0.4, 0.5) is 26.3 Å². The summed E-state index contributed by atoms with van der Waals surface area (Å²) in [6.07, 6.45) is -9.44. The van der Waals surface area contributed by atoms with Gasteiger partial charge in [0.05, 0.1) is 6.54 Å². The fourth-order valence-electron chi connectivity index (χ4n) is 1.33. The van der Waals surface area contributed by atoms with E-state index >= 15 is 0 Å². The molecular weight excluding hydrogens is 226 g/mol. The van der Waals surface area contributed by atoms with E-state index in [1.807, 2.05) is 0 Å². The topological polar surface area (TPSA) is 29.3 Å². The van der Waals surface area contributed by atoms with Crippen LogP contribution in [0.3, 0.4) is 0 Å². The molecule has 0 bridgehead atoms. The average Bonchev–Trinajstić information content (AvgIpc) is 1.74. The summed E-state index contributed by atoms with van der Waals surface area (Å²) in [5, 5.41) is 0. The number of hydrogen-bond donors (Lipinski definition) is 1. The number of hydrogen-bond acceptors (Lipinski definition) is 2. The van der Waals surface area contributed by atoms with E-state index in [4.69, 9.17) is 5.73 Å². The zero-order valence-corrected chi connectivity index (χ0v) is 8.15. The first kappa shape index (κ1) is 14.5. The van der Waals surface area contributed by atoms with Crippen LogP contribution in [0, 0.1) is 0 Å². The quantitative estimate of drug-likeness (QED) is 0.759. The highest BCUT2D eigenvalue weighted by Gasteiger charge is 2.47. The van der Waals surface area contributed by atoms with Crippen LogP contribution in [-0.4, -0.2) is 42.9 Å². The van der Waals surface area contributed by atoms with Crippen LogP contribution in [-0.2, 0) is 0 Å². The van der Waals surface area contributed by atoms with Crippen molar-refractivity contribution in [3.05, 3.63) is 0 Å². The van der Waals surface area contributed by atoms with Gasteiger partial charge >= 0.3 is 12.4 Å². The highest BCUT2D eigenvalue weighted by molar-refractivity contribution is 4.85. The first-order valence-electron chi connectivity index (χ1n) is 4.04. The molecule has 0 fully saturated rings. The van der Waals surface area contributed by atoms with Gasteiger partial charge in [0.1, 0.15) is 6.04 Å². The molecule has 0 spiro atoms. The molecule has 15 heavy (non-hydrogen) atoms. The smallest absolute Gasteiger partial charge is 0.326 e. The summed E-state index contributed by atoms with van der Waals surface area (Å²) in [6, 6.07) is -3.71. The van der Waals surface area contributed by atoms with Crippen molar-refractivity contribution in [1.82, 2.24) is 4.90 Å². The SMILES string of the molecule is CC(N)C(N(C)CC(F)(F)F)C(F)(F)F. The Morgan fingerprint density at radius 2 is 1.53 bits per heavy atom. The van der Waals surface area contributed by atoms with Gasteiger partial charge in [0.15, 0.2) is 0 Å². The van der Waals surface area contributed by atoms with E-state index in [1.54, 1.807) is 0 Å². The van der Waals surface area contributed by atoms with Crippen molar-refractivity contribution in [2.45, 2.75) is 31.4 Å². The monoisotopic (exact) mass is 238 g/mol. The largest absolute Gasteiger partial charge is 0.405 e. The molecule has 0 aromatic heterocycles. The highest BCUT2D eigenvalue weighted by atomic mass is 19.4. The molecule has 2 unspecified atom stereocenters. The number of nitrogens with two attached hydrogens (primary N) is 1. The van der Waals surface area contributed by atoms with Crippen LogP contribution >= 0.6 is 0 Å². The van der Waals surface area contributed by atoms with E-state index in [2.05, 4.69) is 0 Å². The van der Waals surface area contributed by atoms with Crippen LogP contribution in [0.2, 0.25) is 0 Å². The predicted octanol–water partition coefficient (Wildman–Crippen LogP) is 1.76. The maximum atomic E-state index is 12.3. The highest BCUT2D eigenvalue weighted by Crippen LogP contribution is 2.28. The van der Waals surface area contributed by atoms with Crippen molar-refractivity contribution in [2.24, 2.45) is 5.73 Å². The van der Waals surface area contributed by atoms with E-state index in [0.29, 0.717) is 0 Å². The van der Waals surface area contributed by atoms with Gasteiger partial charge < -0.3 is 5.73 Å². The molecule has 2 nitrogen and oxygen atoms in total. The maximum Gasteiger partial charge on any atom is 0.405 e. The van der Waals surface area contributed by atoms with Gasteiger partial charge in [0, 0.05) is 6.04 Å². The molecule has 2 N–H and O–H groups in total. The number of alkyl halides is 6. The summed E-state index contributed by atoms with van der Waals surface area (Å²) < 4.78 is 72.5. The summed E-state index contributed by atoms with van der Waals surface area (Å²) in [5.74, 6) is 0. The molecule has 0 amide bonds. The minimum Gasteiger partial charge on any atom is -0.326 e. The Kier molecular flexibility index (Phi) is 4.41. The summed E-state index contributed by atoms with van der Waals surface area (Å²) >= 11 is 0. The molecule has 0 rings (SSSR count). The second-order valence-corrected chi connectivity index (χ2v) is 3.38. The van der Waals surface area contributed by atoms with Crippen LogP contribution in [0.5, 0.6) is 0 Å². The van der Waals surface area contributed by atoms with Gasteiger partial charge in [0.2, 0.25) is 0 Å². The normalized spacial score (nSPS) is 18.0. The Labute approximate surface area is 83.0 Å². The van der Waals surface area contributed by atoms with Gasteiger partial charge in [-0.1, -0.05) is 0 Å². The van der Waals surface area contributed by atoms with Crippen molar-refractivity contribution in [2.75, 3.05) is 13.6 Å². The van der Waals surface area contributed by atoms with Gasteiger partial charge in [-0.25, -0.2) is 0 Å². The maximum absolute atomic E-state index is 12.3. The molecule has 2 atom stereocenters. The minimum atomic E-state index is -4.77. The second-order valence-electron chi connectivity index (χ2n) is 3.38. The number of halogens is 6. The van der Waals surface area contributed by atoms with Crippen LogP contribution in [0.15, 0.2) is 0 Å². The Balaban J connectivity index is 4.66. The summed E-state index contributed by atoms with van der Waals surface area (Å²) in [5.41, 5.74) is 5.01. The van der Waals surface area contributed by atoms with Gasteiger partial charge in [-0.2, -0.15) is 26.3 Å². The van der Waals surface area contributed by atoms with Crippen molar-refractivity contribution < 1.29 is 26.3 Å². The third-order valence-electron chi connectivity index (χ3n) is 1.74. The molecule has 0 aromatic rings. The van der Waals surface area contributed by atoms with E-state index in [1.165, 1.54) is 0 Å². The predicted molar refractivity (Wildman–Crippen MR) is 42.2 cm³/mol. The summed E-state index contributed by atoms with van der Waals surface area (Å²) in [6.45, 7) is -0.621. The summed E-state index contributed by atoms with van der Waals surface area (Å²) in [4.78, 5) is 0.157. The summed E-state index contributed by atoms with van der Waals surface area (Å²) in [7, 11) is 0.745. The third kappa shape index (κ3) is 5.22. The second kappa shape index (κ2) is 4.56. The Morgan fingerprint density at radius 1 is 1.13 bits per heavy atom. The van der Waals surface area contributed by atoms with Crippen molar-refractivity contribution >= 4 is 0 Å². The molecule has 0 saturated carbocycles. The standard InChI is InChI=1S/C7H12F6N2/c1-4(14)5(7(11,12)13)15(2)3-6(8,9)10/h4-5H,3,14H2,1-2H3. The first-order valence-corrected chi connectivity index (χ1v) is 4.04. The number of likely N-dealkylation sites (N-methyl/N-ethyl adjacent to an activating group) is 1. The molecule has 8 heteroatoms. The van der Waals surface area contributed by atoms with Crippen LogP contribution in [0.1, 0.15) is 6.92 Å². The van der Waals surface area contributed by atoms with E-state index in [0.717, 1.165) is 14.0 Å². The lowest BCUT2D eigenvalue weighted by atomic mass is 10.1. The molecule has 0 heterocycles. The Morgan fingerprint density at radius 3 is 1.73 bits per heavy atom. The van der Waals surface area contributed by atoms with Crippen LogP contribution < -0.4 is 5.73 Å². The third-order valence-corrected chi connectivity index (χ3v) is 1.74. The first-order chi connectivity index (χ1) is 6.45. The zero-order chi connectivity index (χ0) is 12.4. The number of nitrogens with zero attached hydrogens (tertiary/aromatic N) is 1. The van der Waals surface area contributed by atoms with E-state index < -0.39 is 31.0 Å². The fraction of sp³-hybridized carbons (Fsp3) is 1.00. The van der Waals surface area contributed by atoms with Crippen molar-refractivity contribution in [3.63, 3.8) is 0 Å². The molecule has 0 aliphatic carbocycles. The van der Waals surface area contributed by atoms with Crippen molar-refractivity contribution in [1.29, 1.82) is 0 Å². The van der Waals surface area contributed by atoms with Crippen molar-refractivity contribution in [3.8, 4) is 0 Å². The van der Waals surface area contributed by atoms with E-state index in [-0.39, 0.29) is 4.90 Å². The van der Waals surface area contributed by atoms with Crippen LogP contribution in [0.25, 0.3) is 0 Å². The lowest BCUT2D eigenvalue weighted by Crippen LogP contribution is -2.55. The zero-order valence-electron chi connectivity index (χ0n) is 8.15. The average molecular weight is 238 g/mol. The number of rotatable bonds is 3. The Hall–Kier alpha value is -0.500. The lowest BCUT2D eigenvalue weighted by molar-refractivity contribution is -0.207.